The maximum atomic E-state index is 12.6. The Bertz CT molecular complexity index is 1030. The summed E-state index contributed by atoms with van der Waals surface area (Å²) < 4.78 is 42.8. The Morgan fingerprint density at radius 3 is 2.55 bits per heavy atom. The molecule has 0 radical (unpaired) electrons. The number of halogens is 3. The number of carbonyl (C=O) groups excluding carboxylic acids is 1. The van der Waals surface area contributed by atoms with E-state index in [0.717, 1.165) is 18.2 Å². The highest BCUT2D eigenvalue weighted by molar-refractivity contribution is 5.94. The molecule has 0 bridgehead atoms. The summed E-state index contributed by atoms with van der Waals surface area (Å²) >= 11 is 0. The molecule has 8 nitrogen and oxygen atoms in total. The predicted octanol–water partition coefficient (Wildman–Crippen LogP) is 3.64. The second-order valence-electron chi connectivity index (χ2n) is 5.90. The van der Waals surface area contributed by atoms with Crippen LogP contribution in [-0.2, 0) is 12.6 Å². The van der Waals surface area contributed by atoms with Crippen molar-refractivity contribution in [1.29, 1.82) is 0 Å². The molecule has 1 aromatic heterocycles. The van der Waals surface area contributed by atoms with Crippen LogP contribution in [0, 0.1) is 10.1 Å². The van der Waals surface area contributed by atoms with E-state index in [1.807, 2.05) is 0 Å². The number of rotatable bonds is 6. The van der Waals surface area contributed by atoms with Crippen molar-refractivity contribution in [3.8, 4) is 11.4 Å². The van der Waals surface area contributed by atoms with Crippen LogP contribution in [0.15, 0.2) is 53.1 Å². The first-order valence-electron chi connectivity index (χ1n) is 8.27. The van der Waals surface area contributed by atoms with Crippen LogP contribution in [0.2, 0.25) is 0 Å². The van der Waals surface area contributed by atoms with Crippen LogP contribution in [0.25, 0.3) is 11.4 Å². The van der Waals surface area contributed by atoms with Crippen molar-refractivity contribution in [1.82, 2.24) is 15.5 Å². The molecule has 1 amide bonds. The largest absolute Gasteiger partial charge is 0.416 e. The summed E-state index contributed by atoms with van der Waals surface area (Å²) in [6.45, 7) is 0.121. The van der Waals surface area contributed by atoms with Gasteiger partial charge in [0.2, 0.25) is 11.7 Å². The van der Waals surface area contributed by atoms with E-state index in [2.05, 4.69) is 15.5 Å². The van der Waals surface area contributed by atoms with E-state index in [0.29, 0.717) is 5.56 Å². The van der Waals surface area contributed by atoms with E-state index >= 15 is 0 Å². The zero-order valence-electron chi connectivity index (χ0n) is 14.6. The van der Waals surface area contributed by atoms with Gasteiger partial charge in [-0.1, -0.05) is 23.4 Å². The zero-order chi connectivity index (χ0) is 21.0. The van der Waals surface area contributed by atoms with Crippen LogP contribution in [0.3, 0.4) is 0 Å². The van der Waals surface area contributed by atoms with E-state index < -0.39 is 22.6 Å². The van der Waals surface area contributed by atoms with Crippen molar-refractivity contribution >= 4 is 11.6 Å². The molecule has 0 aliphatic carbocycles. The Kier molecular flexibility index (Phi) is 5.57. The lowest BCUT2D eigenvalue weighted by Gasteiger charge is -2.05. The summed E-state index contributed by atoms with van der Waals surface area (Å²) in [7, 11) is 0. The molecule has 0 saturated heterocycles. The quantitative estimate of drug-likeness (QED) is 0.494. The number of nitrogens with one attached hydrogen (secondary N) is 1. The number of hydrogen-bond donors (Lipinski definition) is 1. The van der Waals surface area contributed by atoms with Gasteiger partial charge in [0.1, 0.15) is 0 Å². The van der Waals surface area contributed by atoms with Gasteiger partial charge in [-0.25, -0.2) is 0 Å². The molecular weight excluding hydrogens is 393 g/mol. The highest BCUT2D eigenvalue weighted by Crippen LogP contribution is 2.30. The van der Waals surface area contributed by atoms with Gasteiger partial charge in [0.25, 0.3) is 11.6 Å². The number of nitro groups is 1. The van der Waals surface area contributed by atoms with Gasteiger partial charge in [-0.05, 0) is 18.2 Å². The van der Waals surface area contributed by atoms with E-state index in [1.165, 1.54) is 30.3 Å². The fourth-order valence-corrected chi connectivity index (χ4v) is 2.43. The van der Waals surface area contributed by atoms with Crippen molar-refractivity contribution in [3.63, 3.8) is 0 Å². The highest BCUT2D eigenvalue weighted by atomic mass is 19.4. The van der Waals surface area contributed by atoms with Gasteiger partial charge in [0.05, 0.1) is 10.5 Å². The number of hydrogen-bond acceptors (Lipinski definition) is 6. The molecule has 3 aromatic rings. The molecule has 0 saturated carbocycles. The third-order valence-electron chi connectivity index (χ3n) is 3.88. The lowest BCUT2D eigenvalue weighted by molar-refractivity contribution is -0.384. The van der Waals surface area contributed by atoms with Crippen molar-refractivity contribution in [2.24, 2.45) is 0 Å². The minimum Gasteiger partial charge on any atom is -0.352 e. The SMILES string of the molecule is O=C(NCCc1nc(-c2ccc(C(F)(F)F)cc2)no1)c1cccc([N+](=O)[O-])c1. The lowest BCUT2D eigenvalue weighted by Crippen LogP contribution is -2.25. The van der Waals surface area contributed by atoms with Crippen molar-refractivity contribution < 1.29 is 27.4 Å². The van der Waals surface area contributed by atoms with E-state index in [-0.39, 0.29) is 35.9 Å². The first-order chi connectivity index (χ1) is 13.7. The summed E-state index contributed by atoms with van der Waals surface area (Å²) in [4.78, 5) is 26.3. The van der Waals surface area contributed by atoms with Gasteiger partial charge in [-0.2, -0.15) is 18.2 Å². The number of carbonyl (C=O) groups is 1. The Balaban J connectivity index is 1.57. The molecule has 1 heterocycles. The number of benzene rings is 2. The molecule has 0 spiro atoms. The Hall–Kier alpha value is -3.76. The smallest absolute Gasteiger partial charge is 0.352 e. The number of amides is 1. The third kappa shape index (κ3) is 4.94. The van der Waals surface area contributed by atoms with Crippen LogP contribution < -0.4 is 5.32 Å². The first-order valence-corrected chi connectivity index (χ1v) is 8.27. The van der Waals surface area contributed by atoms with Gasteiger partial charge in [0.15, 0.2) is 0 Å². The molecule has 0 aliphatic rings. The fourth-order valence-electron chi connectivity index (χ4n) is 2.43. The molecular formula is C18H13F3N4O4. The number of alkyl halides is 3. The van der Waals surface area contributed by atoms with Crippen molar-refractivity contribution in [3.05, 3.63) is 75.7 Å². The summed E-state index contributed by atoms with van der Waals surface area (Å²) in [5.41, 5.74) is -0.492. The summed E-state index contributed by atoms with van der Waals surface area (Å²) in [6.07, 6.45) is -4.26. The van der Waals surface area contributed by atoms with Gasteiger partial charge in [-0.3, -0.25) is 14.9 Å². The van der Waals surface area contributed by atoms with Crippen molar-refractivity contribution in [2.75, 3.05) is 6.54 Å². The molecule has 0 atom stereocenters. The Morgan fingerprint density at radius 1 is 1.17 bits per heavy atom. The average Bonchev–Trinajstić information content (AvgIpc) is 3.16. The molecule has 2 aromatic carbocycles. The maximum absolute atomic E-state index is 12.6. The third-order valence-corrected chi connectivity index (χ3v) is 3.88. The number of aromatic nitrogens is 2. The monoisotopic (exact) mass is 406 g/mol. The van der Waals surface area contributed by atoms with E-state index in [4.69, 9.17) is 4.52 Å². The van der Waals surface area contributed by atoms with Gasteiger partial charge in [-0.15, -0.1) is 0 Å². The normalized spacial score (nSPS) is 11.3. The number of nitrogens with zero attached hydrogens (tertiary/aromatic N) is 3. The maximum Gasteiger partial charge on any atom is 0.416 e. The minimum absolute atomic E-state index is 0.121. The Labute approximate surface area is 161 Å². The molecule has 0 aliphatic heterocycles. The molecule has 0 unspecified atom stereocenters. The average molecular weight is 406 g/mol. The Morgan fingerprint density at radius 2 is 1.90 bits per heavy atom. The zero-order valence-corrected chi connectivity index (χ0v) is 14.6. The highest BCUT2D eigenvalue weighted by Gasteiger charge is 2.30. The molecule has 1 N–H and O–H groups in total. The van der Waals surface area contributed by atoms with E-state index in [9.17, 15) is 28.1 Å². The van der Waals surface area contributed by atoms with Crippen LogP contribution in [-0.4, -0.2) is 27.5 Å². The van der Waals surface area contributed by atoms with Crippen LogP contribution >= 0.6 is 0 Å². The fraction of sp³-hybridized carbons (Fsp3) is 0.167. The van der Waals surface area contributed by atoms with E-state index in [1.54, 1.807) is 0 Å². The van der Waals surface area contributed by atoms with Gasteiger partial charge >= 0.3 is 6.18 Å². The number of non-ortho nitro benzene ring substituents is 1. The summed E-state index contributed by atoms with van der Waals surface area (Å²) in [6, 6.07) is 9.60. The predicted molar refractivity (Wildman–Crippen MR) is 93.9 cm³/mol. The first kappa shape index (κ1) is 20.0. The van der Waals surface area contributed by atoms with Crippen molar-refractivity contribution in [2.45, 2.75) is 12.6 Å². The standard InChI is InChI=1S/C18H13F3N4O4/c19-18(20,21)13-6-4-11(5-7-13)16-23-15(29-24-16)8-9-22-17(26)12-2-1-3-14(10-12)25(27)28/h1-7,10H,8-9H2,(H,22,26). The van der Waals surface area contributed by atoms with Crippen LogP contribution in [0.5, 0.6) is 0 Å². The minimum atomic E-state index is -4.43. The molecule has 3 rings (SSSR count). The summed E-state index contributed by atoms with van der Waals surface area (Å²) in [5.74, 6) is -0.200. The van der Waals surface area contributed by atoms with Gasteiger partial charge < -0.3 is 9.84 Å². The summed E-state index contributed by atoms with van der Waals surface area (Å²) in [5, 5.41) is 17.0. The second kappa shape index (κ2) is 8.09. The van der Waals surface area contributed by atoms with Crippen LogP contribution in [0.4, 0.5) is 18.9 Å². The molecule has 11 heteroatoms. The molecule has 29 heavy (non-hydrogen) atoms. The van der Waals surface area contributed by atoms with Crippen LogP contribution in [0.1, 0.15) is 21.8 Å². The van der Waals surface area contributed by atoms with Gasteiger partial charge in [0, 0.05) is 36.2 Å². The molecule has 150 valence electrons. The molecule has 0 fully saturated rings. The number of nitro benzene ring substituents is 1. The lowest BCUT2D eigenvalue weighted by atomic mass is 10.1. The second-order valence-corrected chi connectivity index (χ2v) is 5.90. The topological polar surface area (TPSA) is 111 Å².